The number of carbonyl (C=O) groups is 1. The molecule has 2 aliphatic heterocycles. The summed E-state index contributed by atoms with van der Waals surface area (Å²) in [5, 5.41) is 4.66. The van der Waals surface area contributed by atoms with Crippen LogP contribution in [0, 0.1) is 0 Å². The Morgan fingerprint density at radius 3 is 1.45 bits per heavy atom. The highest BCUT2D eigenvalue weighted by Gasteiger charge is 2.26. The molecule has 1 N–H and O–H groups in total. The first-order valence-corrected chi connectivity index (χ1v) is 19.7. The minimum absolute atomic E-state index is 0.266. The zero-order valence-electron chi connectivity index (χ0n) is 32.5. The fourth-order valence-electron chi connectivity index (χ4n) is 5.39. The fourth-order valence-corrected chi connectivity index (χ4v) is 5.83. The van der Waals surface area contributed by atoms with Crippen molar-refractivity contribution in [1.29, 1.82) is 0 Å². The van der Waals surface area contributed by atoms with Crippen LogP contribution >= 0.6 is 23.2 Å². The Hall–Kier alpha value is -2.71. The predicted octanol–water partition coefficient (Wildman–Crippen LogP) is 6.79. The van der Waals surface area contributed by atoms with Crippen molar-refractivity contribution in [2.24, 2.45) is 0 Å². The number of nitrogens with zero attached hydrogens (tertiary/aromatic N) is 3. The second-order valence-electron chi connectivity index (χ2n) is 13.6. The van der Waals surface area contributed by atoms with E-state index in [1.807, 2.05) is 51.1 Å². The first-order chi connectivity index (χ1) is 25.6. The molecule has 12 nitrogen and oxygen atoms in total. The standard InChI is InChI=1S/C22H35ClN2O5.C17H27ClN2O3/c1-5-10-27-11-12-28-13-14-29-20-16-18(23)15-19(17-20)24-6-8-25(9-7-24)21(26)30-22(2,3)4;1-2-7-21-8-9-22-10-11-23-17-13-15(18)12-16(14-17)20-5-3-19-4-6-20/h15-17H,5-14H2,1-4H3;12-14,19H,2-11H2,1H3. The largest absolute Gasteiger partial charge is 0.491 e. The number of rotatable bonds is 20. The molecule has 0 bridgehead atoms. The van der Waals surface area contributed by atoms with Gasteiger partial charge < -0.3 is 53.2 Å². The van der Waals surface area contributed by atoms with Crippen molar-refractivity contribution in [3.05, 3.63) is 46.4 Å². The van der Waals surface area contributed by atoms with Crippen molar-refractivity contribution in [3.8, 4) is 11.5 Å². The van der Waals surface area contributed by atoms with Gasteiger partial charge in [0.25, 0.3) is 0 Å². The van der Waals surface area contributed by atoms with Gasteiger partial charge in [0.05, 0.1) is 39.6 Å². The van der Waals surface area contributed by atoms with Crippen LogP contribution in [0.1, 0.15) is 47.5 Å². The molecule has 0 unspecified atom stereocenters. The van der Waals surface area contributed by atoms with Crippen LogP contribution in [0.15, 0.2) is 36.4 Å². The van der Waals surface area contributed by atoms with E-state index < -0.39 is 5.60 Å². The van der Waals surface area contributed by atoms with Crippen molar-refractivity contribution in [3.63, 3.8) is 0 Å². The van der Waals surface area contributed by atoms with E-state index >= 15 is 0 Å². The van der Waals surface area contributed by atoms with E-state index in [0.717, 1.165) is 69.4 Å². The molecule has 0 aromatic heterocycles. The maximum Gasteiger partial charge on any atom is 0.410 e. The molecular weight excluding hydrogens is 723 g/mol. The van der Waals surface area contributed by atoms with Crippen LogP contribution in [0.5, 0.6) is 11.5 Å². The van der Waals surface area contributed by atoms with Gasteiger partial charge in [-0.05, 0) is 57.9 Å². The lowest BCUT2D eigenvalue weighted by atomic mass is 10.2. The molecule has 2 heterocycles. The van der Waals surface area contributed by atoms with Gasteiger partial charge >= 0.3 is 6.09 Å². The molecule has 2 aromatic carbocycles. The zero-order valence-corrected chi connectivity index (χ0v) is 34.0. The number of anilines is 2. The summed E-state index contributed by atoms with van der Waals surface area (Å²) >= 11 is 12.5. The third-order valence-electron chi connectivity index (χ3n) is 7.92. The molecule has 53 heavy (non-hydrogen) atoms. The Balaban J connectivity index is 0.000000295. The van der Waals surface area contributed by atoms with Crippen molar-refractivity contribution >= 4 is 40.7 Å². The monoisotopic (exact) mass is 784 g/mol. The average molecular weight is 786 g/mol. The Kier molecular flexibility index (Phi) is 21.4. The first kappa shape index (κ1) is 44.7. The summed E-state index contributed by atoms with van der Waals surface area (Å²) < 4.78 is 38.7. The van der Waals surface area contributed by atoms with E-state index in [1.165, 1.54) is 0 Å². The SMILES string of the molecule is CCCOCCOCCOc1cc(Cl)cc(N2CCN(C(=O)OC(C)(C)C)CC2)c1.CCCOCCOCCOc1cc(Cl)cc(N2CCNCC2)c1. The molecule has 300 valence electrons. The van der Waals surface area contributed by atoms with E-state index in [4.69, 9.17) is 56.4 Å². The molecule has 1 amide bonds. The minimum Gasteiger partial charge on any atom is -0.491 e. The molecule has 2 fully saturated rings. The van der Waals surface area contributed by atoms with Gasteiger partial charge in [0.15, 0.2) is 0 Å². The Labute approximate surface area is 327 Å². The number of ether oxygens (including phenoxy) is 7. The molecule has 2 aliphatic rings. The summed E-state index contributed by atoms with van der Waals surface area (Å²) in [5.74, 6) is 1.50. The van der Waals surface area contributed by atoms with Gasteiger partial charge in [-0.3, -0.25) is 0 Å². The Bertz CT molecular complexity index is 1300. The van der Waals surface area contributed by atoms with Gasteiger partial charge in [-0.25, -0.2) is 4.79 Å². The second kappa shape index (κ2) is 25.4. The molecule has 0 spiro atoms. The molecule has 0 atom stereocenters. The van der Waals surface area contributed by atoms with Gasteiger partial charge in [-0.2, -0.15) is 0 Å². The van der Waals surface area contributed by atoms with Crippen molar-refractivity contribution in [1.82, 2.24) is 10.2 Å². The molecule has 0 radical (unpaired) electrons. The van der Waals surface area contributed by atoms with E-state index in [2.05, 4.69) is 29.0 Å². The summed E-state index contributed by atoms with van der Waals surface area (Å²) in [6, 6.07) is 11.6. The van der Waals surface area contributed by atoms with Crippen molar-refractivity contribution < 1.29 is 38.0 Å². The van der Waals surface area contributed by atoms with Crippen LogP contribution in [0.25, 0.3) is 0 Å². The number of piperazine rings is 2. The molecule has 2 aromatic rings. The lowest BCUT2D eigenvalue weighted by molar-refractivity contribution is 0.0240. The Morgan fingerprint density at radius 1 is 0.604 bits per heavy atom. The van der Waals surface area contributed by atoms with E-state index in [0.29, 0.717) is 94.8 Å². The number of halogens is 2. The summed E-state index contributed by atoms with van der Waals surface area (Å²) in [6.07, 6.45) is 1.78. The van der Waals surface area contributed by atoms with E-state index in [1.54, 1.807) is 11.0 Å². The number of carbonyl (C=O) groups excluding carboxylic acids is 1. The van der Waals surface area contributed by atoms with E-state index in [9.17, 15) is 4.79 Å². The quantitative estimate of drug-likeness (QED) is 0.144. The van der Waals surface area contributed by atoms with Gasteiger partial charge in [0.1, 0.15) is 30.3 Å². The number of benzene rings is 2. The van der Waals surface area contributed by atoms with Crippen LogP contribution in [0.3, 0.4) is 0 Å². The second-order valence-corrected chi connectivity index (χ2v) is 14.5. The first-order valence-electron chi connectivity index (χ1n) is 18.9. The lowest BCUT2D eigenvalue weighted by Crippen LogP contribution is -2.50. The maximum absolute atomic E-state index is 12.2. The number of hydrogen-bond acceptors (Lipinski definition) is 11. The van der Waals surface area contributed by atoms with Crippen LogP contribution in [0.4, 0.5) is 16.2 Å². The third kappa shape index (κ3) is 18.9. The van der Waals surface area contributed by atoms with Crippen molar-refractivity contribution in [2.45, 2.75) is 53.1 Å². The summed E-state index contributed by atoms with van der Waals surface area (Å²) in [5.41, 5.74) is 1.61. The summed E-state index contributed by atoms with van der Waals surface area (Å²) in [7, 11) is 0. The highest BCUT2D eigenvalue weighted by molar-refractivity contribution is 6.31. The zero-order chi connectivity index (χ0) is 38.3. The van der Waals surface area contributed by atoms with Crippen LogP contribution in [-0.2, 0) is 23.7 Å². The topological polar surface area (TPSA) is 103 Å². The third-order valence-corrected chi connectivity index (χ3v) is 8.36. The van der Waals surface area contributed by atoms with Crippen LogP contribution in [-0.4, -0.2) is 135 Å². The molecule has 14 heteroatoms. The highest BCUT2D eigenvalue weighted by Crippen LogP contribution is 2.29. The smallest absolute Gasteiger partial charge is 0.410 e. The maximum atomic E-state index is 12.2. The van der Waals surface area contributed by atoms with Gasteiger partial charge in [-0.15, -0.1) is 0 Å². The van der Waals surface area contributed by atoms with Crippen molar-refractivity contribution in [2.75, 3.05) is 128 Å². The minimum atomic E-state index is -0.486. The highest BCUT2D eigenvalue weighted by atomic mass is 35.5. The van der Waals surface area contributed by atoms with Crippen LogP contribution in [0.2, 0.25) is 10.0 Å². The van der Waals surface area contributed by atoms with Crippen LogP contribution < -0.4 is 24.6 Å². The summed E-state index contributed by atoms with van der Waals surface area (Å²) in [6.45, 7) is 22.3. The van der Waals surface area contributed by atoms with E-state index in [-0.39, 0.29) is 6.09 Å². The average Bonchev–Trinajstić information content (AvgIpc) is 3.13. The molecule has 2 saturated heterocycles. The molecule has 4 rings (SSSR count). The molecular formula is C39H62Cl2N4O8. The van der Waals surface area contributed by atoms with Gasteiger partial charge in [-0.1, -0.05) is 37.0 Å². The summed E-state index contributed by atoms with van der Waals surface area (Å²) in [4.78, 5) is 18.5. The molecule has 0 saturated carbocycles. The molecule has 0 aliphatic carbocycles. The fraction of sp³-hybridized carbons (Fsp3) is 0.667. The normalized spacial score (nSPS) is 14.8. The van der Waals surface area contributed by atoms with Gasteiger partial charge in [0, 0.05) is 99.1 Å². The Morgan fingerprint density at radius 2 is 1.02 bits per heavy atom. The number of amides is 1. The number of hydrogen-bond donors (Lipinski definition) is 1. The lowest BCUT2D eigenvalue weighted by Gasteiger charge is -2.36. The number of nitrogens with one attached hydrogen (secondary N) is 1. The predicted molar refractivity (Wildman–Crippen MR) is 213 cm³/mol. The van der Waals surface area contributed by atoms with Gasteiger partial charge in [0.2, 0.25) is 0 Å².